The molecule has 1 aliphatic heterocycles. The van der Waals surface area contributed by atoms with Crippen LogP contribution in [0.25, 0.3) is 0 Å². The number of nitrogens with one attached hydrogen (secondary N) is 1. The fourth-order valence-corrected chi connectivity index (χ4v) is 1.87. The first-order valence-corrected chi connectivity index (χ1v) is 4.79. The van der Waals surface area contributed by atoms with Gasteiger partial charge in [0, 0.05) is 6.42 Å². The van der Waals surface area contributed by atoms with Gasteiger partial charge in [-0.1, -0.05) is 24.3 Å². The first kappa shape index (κ1) is 9.21. The Hall–Kier alpha value is -1.35. The van der Waals surface area contributed by atoms with Crippen LogP contribution in [-0.2, 0) is 11.4 Å². The van der Waals surface area contributed by atoms with E-state index >= 15 is 0 Å². The molecule has 74 valence electrons. The van der Waals surface area contributed by atoms with Gasteiger partial charge in [0.05, 0.1) is 12.6 Å². The lowest BCUT2D eigenvalue weighted by Crippen LogP contribution is -2.19. The minimum absolute atomic E-state index is 0.0303. The maximum Gasteiger partial charge on any atom is 0.220 e. The van der Waals surface area contributed by atoms with Crippen LogP contribution in [0.15, 0.2) is 24.3 Å². The number of amides is 1. The Balaban J connectivity index is 2.27. The fourth-order valence-electron chi connectivity index (χ4n) is 1.87. The molecule has 14 heavy (non-hydrogen) atoms. The van der Waals surface area contributed by atoms with Crippen molar-refractivity contribution in [1.29, 1.82) is 0 Å². The summed E-state index contributed by atoms with van der Waals surface area (Å²) in [7, 11) is 0. The van der Waals surface area contributed by atoms with Crippen molar-refractivity contribution >= 4 is 5.91 Å². The number of carbonyl (C=O) groups is 1. The molecule has 1 heterocycles. The van der Waals surface area contributed by atoms with E-state index in [0.717, 1.165) is 17.5 Å². The van der Waals surface area contributed by atoms with Crippen LogP contribution in [0.3, 0.4) is 0 Å². The second-order valence-corrected chi connectivity index (χ2v) is 3.52. The van der Waals surface area contributed by atoms with E-state index in [-0.39, 0.29) is 18.6 Å². The number of rotatable bonds is 2. The number of benzene rings is 1. The zero-order valence-electron chi connectivity index (χ0n) is 7.86. The Kier molecular flexibility index (Phi) is 2.50. The third-order valence-electron chi connectivity index (χ3n) is 2.60. The molecule has 0 radical (unpaired) electrons. The summed E-state index contributed by atoms with van der Waals surface area (Å²) in [6.45, 7) is 0.0303. The molecule has 1 aromatic carbocycles. The van der Waals surface area contributed by atoms with Crippen LogP contribution >= 0.6 is 0 Å². The van der Waals surface area contributed by atoms with Crippen LogP contribution < -0.4 is 5.32 Å². The van der Waals surface area contributed by atoms with E-state index < -0.39 is 0 Å². The van der Waals surface area contributed by atoms with E-state index in [1.54, 1.807) is 0 Å². The van der Waals surface area contributed by atoms with Crippen molar-refractivity contribution in [3.63, 3.8) is 0 Å². The van der Waals surface area contributed by atoms with Crippen molar-refractivity contribution in [3.05, 3.63) is 35.4 Å². The van der Waals surface area contributed by atoms with Crippen molar-refractivity contribution in [3.8, 4) is 0 Å². The molecular formula is C11H13NO2. The highest BCUT2D eigenvalue weighted by molar-refractivity contribution is 5.78. The molecule has 3 nitrogen and oxygen atoms in total. The number of carbonyl (C=O) groups excluding carboxylic acids is 1. The smallest absolute Gasteiger partial charge is 0.220 e. The van der Waals surface area contributed by atoms with Crippen LogP contribution in [0, 0.1) is 0 Å². The highest BCUT2D eigenvalue weighted by Crippen LogP contribution is 2.26. The van der Waals surface area contributed by atoms with Gasteiger partial charge in [0.25, 0.3) is 0 Å². The molecule has 0 spiro atoms. The average Bonchev–Trinajstić information content (AvgIpc) is 2.65. The lowest BCUT2D eigenvalue weighted by molar-refractivity contribution is -0.119. The monoisotopic (exact) mass is 191 g/mol. The molecule has 1 fully saturated rings. The molecule has 3 heteroatoms. The zero-order valence-corrected chi connectivity index (χ0v) is 7.86. The Morgan fingerprint density at radius 3 is 2.86 bits per heavy atom. The van der Waals surface area contributed by atoms with Crippen molar-refractivity contribution in [1.82, 2.24) is 5.32 Å². The zero-order chi connectivity index (χ0) is 9.97. The summed E-state index contributed by atoms with van der Waals surface area (Å²) in [4.78, 5) is 11.1. The number of hydrogen-bond acceptors (Lipinski definition) is 2. The summed E-state index contributed by atoms with van der Waals surface area (Å²) < 4.78 is 0. The molecule has 1 saturated heterocycles. The lowest BCUT2D eigenvalue weighted by atomic mass is 10.00. The normalized spacial score (nSPS) is 20.9. The van der Waals surface area contributed by atoms with Gasteiger partial charge in [-0.2, -0.15) is 0 Å². The van der Waals surface area contributed by atoms with Crippen molar-refractivity contribution in [2.24, 2.45) is 0 Å². The number of hydrogen-bond donors (Lipinski definition) is 2. The quantitative estimate of drug-likeness (QED) is 0.736. The fraction of sp³-hybridized carbons (Fsp3) is 0.364. The minimum Gasteiger partial charge on any atom is -0.392 e. The summed E-state index contributed by atoms with van der Waals surface area (Å²) in [6, 6.07) is 7.76. The first-order chi connectivity index (χ1) is 6.81. The van der Waals surface area contributed by atoms with Gasteiger partial charge in [-0.3, -0.25) is 4.79 Å². The molecule has 2 N–H and O–H groups in total. The Labute approximate surface area is 82.8 Å². The molecule has 0 bridgehead atoms. The highest BCUT2D eigenvalue weighted by atomic mass is 16.3. The predicted molar refractivity (Wildman–Crippen MR) is 52.5 cm³/mol. The predicted octanol–water partition coefficient (Wildman–Crippen LogP) is 1.13. The molecule has 2 rings (SSSR count). The summed E-state index contributed by atoms with van der Waals surface area (Å²) in [5.74, 6) is 0.0998. The summed E-state index contributed by atoms with van der Waals surface area (Å²) in [5, 5.41) is 12.0. The minimum atomic E-state index is 0.0303. The summed E-state index contributed by atoms with van der Waals surface area (Å²) in [5.41, 5.74) is 1.94. The van der Waals surface area contributed by atoms with Gasteiger partial charge >= 0.3 is 0 Å². The van der Waals surface area contributed by atoms with Gasteiger partial charge in [-0.05, 0) is 17.5 Å². The third-order valence-corrected chi connectivity index (χ3v) is 2.60. The van der Waals surface area contributed by atoms with Crippen LogP contribution in [0.2, 0.25) is 0 Å². The van der Waals surface area contributed by atoms with Crippen molar-refractivity contribution in [2.45, 2.75) is 25.5 Å². The second-order valence-electron chi connectivity index (χ2n) is 3.52. The SMILES string of the molecule is O=C1CC[C@@H](c2ccccc2CO)N1. The highest BCUT2D eigenvalue weighted by Gasteiger charge is 2.23. The van der Waals surface area contributed by atoms with Crippen LogP contribution in [0.4, 0.5) is 0 Å². The summed E-state index contributed by atoms with van der Waals surface area (Å²) in [6.07, 6.45) is 1.42. The Morgan fingerprint density at radius 2 is 2.21 bits per heavy atom. The van der Waals surface area contributed by atoms with E-state index in [1.807, 2.05) is 24.3 Å². The topological polar surface area (TPSA) is 49.3 Å². The lowest BCUT2D eigenvalue weighted by Gasteiger charge is -2.13. The van der Waals surface area contributed by atoms with E-state index in [2.05, 4.69) is 5.32 Å². The largest absolute Gasteiger partial charge is 0.392 e. The van der Waals surface area contributed by atoms with Gasteiger partial charge in [-0.15, -0.1) is 0 Å². The Bertz CT molecular complexity index is 349. The molecule has 1 amide bonds. The number of aliphatic hydroxyl groups is 1. The van der Waals surface area contributed by atoms with Crippen molar-refractivity contribution in [2.75, 3.05) is 0 Å². The van der Waals surface area contributed by atoms with E-state index in [0.29, 0.717) is 6.42 Å². The van der Waals surface area contributed by atoms with Gasteiger partial charge in [0.1, 0.15) is 0 Å². The van der Waals surface area contributed by atoms with E-state index in [4.69, 9.17) is 5.11 Å². The third kappa shape index (κ3) is 1.63. The molecule has 0 aromatic heterocycles. The molecule has 0 saturated carbocycles. The average molecular weight is 191 g/mol. The maximum absolute atomic E-state index is 11.1. The molecular weight excluding hydrogens is 178 g/mol. The standard InChI is InChI=1S/C11H13NO2/c13-7-8-3-1-2-4-9(8)10-5-6-11(14)12-10/h1-4,10,13H,5-7H2,(H,12,14)/t10-/m0/s1. The van der Waals surface area contributed by atoms with Crippen LogP contribution in [0.5, 0.6) is 0 Å². The van der Waals surface area contributed by atoms with Crippen molar-refractivity contribution < 1.29 is 9.90 Å². The molecule has 1 aliphatic rings. The first-order valence-electron chi connectivity index (χ1n) is 4.79. The van der Waals surface area contributed by atoms with Gasteiger partial charge in [0.15, 0.2) is 0 Å². The molecule has 1 aromatic rings. The molecule has 1 atom stereocenters. The maximum atomic E-state index is 11.1. The van der Waals surface area contributed by atoms with Crippen LogP contribution in [-0.4, -0.2) is 11.0 Å². The summed E-state index contributed by atoms with van der Waals surface area (Å²) >= 11 is 0. The van der Waals surface area contributed by atoms with E-state index in [1.165, 1.54) is 0 Å². The Morgan fingerprint density at radius 1 is 1.43 bits per heavy atom. The second kappa shape index (κ2) is 3.80. The van der Waals surface area contributed by atoms with Gasteiger partial charge in [-0.25, -0.2) is 0 Å². The molecule has 0 unspecified atom stereocenters. The molecule has 0 aliphatic carbocycles. The van der Waals surface area contributed by atoms with Gasteiger partial charge in [0.2, 0.25) is 5.91 Å². The van der Waals surface area contributed by atoms with Crippen LogP contribution in [0.1, 0.15) is 30.0 Å². The van der Waals surface area contributed by atoms with E-state index in [9.17, 15) is 4.79 Å². The van der Waals surface area contributed by atoms with Gasteiger partial charge < -0.3 is 10.4 Å². The number of aliphatic hydroxyl groups excluding tert-OH is 1.